The number of ether oxygens (including phenoxy) is 2. The van der Waals surface area contributed by atoms with Crippen molar-refractivity contribution in [3.8, 4) is 5.75 Å². The fraction of sp³-hybridized carbons (Fsp3) is 0.286. The maximum absolute atomic E-state index is 12.3. The van der Waals surface area contributed by atoms with Crippen molar-refractivity contribution in [2.75, 3.05) is 31.4 Å². The molecule has 0 spiro atoms. The summed E-state index contributed by atoms with van der Waals surface area (Å²) in [6, 6.07) is 14.2. The summed E-state index contributed by atoms with van der Waals surface area (Å²) in [5, 5.41) is 0. The molecule has 1 heterocycles. The van der Waals surface area contributed by atoms with E-state index in [1.807, 2.05) is 30.5 Å². The van der Waals surface area contributed by atoms with E-state index in [9.17, 15) is 14.4 Å². The van der Waals surface area contributed by atoms with Crippen molar-refractivity contribution in [1.82, 2.24) is 0 Å². The summed E-state index contributed by atoms with van der Waals surface area (Å²) in [4.78, 5) is 39.5. The molecule has 0 bridgehead atoms. The lowest BCUT2D eigenvalue weighted by molar-refractivity contribution is -0.147. The first-order valence-corrected chi connectivity index (χ1v) is 10.0. The smallest absolute Gasteiger partial charge is 0.311 e. The van der Waals surface area contributed by atoms with Crippen LogP contribution >= 0.6 is 11.8 Å². The molecule has 146 valence electrons. The Hall–Kier alpha value is -2.80. The van der Waals surface area contributed by atoms with Crippen LogP contribution in [0.15, 0.2) is 53.4 Å². The van der Waals surface area contributed by atoms with E-state index < -0.39 is 11.9 Å². The second-order valence-electron chi connectivity index (χ2n) is 6.37. The number of amides is 1. The van der Waals surface area contributed by atoms with Crippen molar-refractivity contribution < 1.29 is 23.9 Å². The Balaban J connectivity index is 1.57. The minimum Gasteiger partial charge on any atom is -0.497 e. The Bertz CT molecular complexity index is 881. The molecule has 7 heteroatoms. The third-order valence-electron chi connectivity index (χ3n) is 4.58. The van der Waals surface area contributed by atoms with E-state index in [0.29, 0.717) is 11.3 Å². The minimum absolute atomic E-state index is 0.0824. The van der Waals surface area contributed by atoms with Gasteiger partial charge in [0, 0.05) is 29.1 Å². The van der Waals surface area contributed by atoms with Gasteiger partial charge in [0.05, 0.1) is 13.0 Å². The number of nitrogens with zero attached hydrogens (tertiary/aromatic N) is 1. The second kappa shape index (κ2) is 8.93. The zero-order chi connectivity index (χ0) is 20.1. The van der Waals surface area contributed by atoms with Gasteiger partial charge in [0.15, 0.2) is 12.4 Å². The van der Waals surface area contributed by atoms with Gasteiger partial charge in [-0.1, -0.05) is 6.07 Å². The highest BCUT2D eigenvalue weighted by Crippen LogP contribution is 2.28. The van der Waals surface area contributed by atoms with E-state index in [2.05, 4.69) is 0 Å². The monoisotopic (exact) mass is 399 g/mol. The molecule has 1 aliphatic rings. The average molecular weight is 399 g/mol. The summed E-state index contributed by atoms with van der Waals surface area (Å²) in [6.07, 6.45) is 2.05. The van der Waals surface area contributed by atoms with Crippen molar-refractivity contribution in [2.45, 2.75) is 11.3 Å². The Morgan fingerprint density at radius 3 is 2.61 bits per heavy atom. The van der Waals surface area contributed by atoms with E-state index in [-0.39, 0.29) is 31.3 Å². The van der Waals surface area contributed by atoms with Crippen molar-refractivity contribution >= 4 is 35.1 Å². The second-order valence-corrected chi connectivity index (χ2v) is 7.25. The number of hydrogen-bond donors (Lipinski definition) is 0. The van der Waals surface area contributed by atoms with Gasteiger partial charge in [0.25, 0.3) is 0 Å². The molecule has 1 saturated heterocycles. The Morgan fingerprint density at radius 1 is 1.18 bits per heavy atom. The van der Waals surface area contributed by atoms with Crippen molar-refractivity contribution in [1.29, 1.82) is 0 Å². The Labute approximate surface area is 167 Å². The molecule has 28 heavy (non-hydrogen) atoms. The summed E-state index contributed by atoms with van der Waals surface area (Å²) >= 11 is 1.59. The molecular weight excluding hydrogens is 378 g/mol. The number of rotatable bonds is 7. The van der Waals surface area contributed by atoms with E-state index in [1.54, 1.807) is 48.0 Å². The average Bonchev–Trinajstić information content (AvgIpc) is 3.13. The Kier molecular flexibility index (Phi) is 6.36. The van der Waals surface area contributed by atoms with Crippen molar-refractivity contribution in [3.63, 3.8) is 0 Å². The number of benzene rings is 2. The summed E-state index contributed by atoms with van der Waals surface area (Å²) in [6.45, 7) is -0.0932. The van der Waals surface area contributed by atoms with Gasteiger partial charge in [-0.05, 0) is 48.7 Å². The fourth-order valence-corrected chi connectivity index (χ4v) is 3.46. The third-order valence-corrected chi connectivity index (χ3v) is 5.31. The SMILES string of the molecule is COc1ccc(C(=O)COC(=O)[C@@H]2CC(=O)N(c3cccc(SC)c3)C2)cc1. The van der Waals surface area contributed by atoms with E-state index in [1.165, 1.54) is 0 Å². The van der Waals surface area contributed by atoms with E-state index in [0.717, 1.165) is 10.6 Å². The first-order valence-electron chi connectivity index (χ1n) is 8.80. The molecule has 1 fully saturated rings. The summed E-state index contributed by atoms with van der Waals surface area (Å²) in [5.74, 6) is -0.886. The van der Waals surface area contributed by atoms with Gasteiger partial charge >= 0.3 is 5.97 Å². The molecule has 6 nitrogen and oxygen atoms in total. The minimum atomic E-state index is -0.575. The van der Waals surface area contributed by atoms with Gasteiger partial charge in [-0.2, -0.15) is 0 Å². The molecule has 2 aromatic rings. The normalized spacial score (nSPS) is 16.1. The lowest BCUT2D eigenvalue weighted by Crippen LogP contribution is -2.27. The molecule has 0 radical (unpaired) electrons. The van der Waals surface area contributed by atoms with Crippen molar-refractivity contribution in [3.05, 3.63) is 54.1 Å². The number of carbonyl (C=O) groups is 3. The summed E-state index contributed by atoms with van der Waals surface area (Å²) < 4.78 is 10.2. The van der Waals surface area contributed by atoms with Gasteiger partial charge in [-0.25, -0.2) is 0 Å². The largest absolute Gasteiger partial charge is 0.497 e. The number of thioether (sulfide) groups is 1. The first kappa shape index (κ1) is 19.9. The lowest BCUT2D eigenvalue weighted by Gasteiger charge is -2.17. The highest BCUT2D eigenvalue weighted by Gasteiger charge is 2.36. The van der Waals surface area contributed by atoms with E-state index >= 15 is 0 Å². The number of esters is 1. The molecule has 1 atom stereocenters. The molecule has 0 N–H and O–H groups in total. The first-order chi connectivity index (χ1) is 13.5. The van der Waals surface area contributed by atoms with Crippen LogP contribution in [0.2, 0.25) is 0 Å². The van der Waals surface area contributed by atoms with Gasteiger partial charge in [-0.15, -0.1) is 11.8 Å². The molecule has 0 aliphatic carbocycles. The molecule has 1 amide bonds. The van der Waals surface area contributed by atoms with Crippen LogP contribution < -0.4 is 9.64 Å². The number of Topliss-reactive ketones (excluding diaryl/α,β-unsaturated/α-hetero) is 1. The van der Waals surface area contributed by atoms with Crippen LogP contribution in [0.4, 0.5) is 5.69 Å². The topological polar surface area (TPSA) is 72.9 Å². The fourth-order valence-electron chi connectivity index (χ4n) is 3.01. The summed E-state index contributed by atoms with van der Waals surface area (Å²) in [7, 11) is 1.54. The molecule has 1 aliphatic heterocycles. The number of ketones is 1. The van der Waals surface area contributed by atoms with Crippen LogP contribution in [0.5, 0.6) is 5.75 Å². The van der Waals surface area contributed by atoms with Crippen LogP contribution in [0.1, 0.15) is 16.8 Å². The number of carbonyl (C=O) groups excluding carboxylic acids is 3. The highest BCUT2D eigenvalue weighted by molar-refractivity contribution is 7.98. The molecule has 0 unspecified atom stereocenters. The zero-order valence-electron chi connectivity index (χ0n) is 15.7. The summed E-state index contributed by atoms with van der Waals surface area (Å²) in [5.41, 5.74) is 1.20. The van der Waals surface area contributed by atoms with Gasteiger partial charge in [0.1, 0.15) is 5.75 Å². The lowest BCUT2D eigenvalue weighted by atomic mass is 10.1. The van der Waals surface area contributed by atoms with Crippen LogP contribution in [0.25, 0.3) is 0 Å². The van der Waals surface area contributed by atoms with Crippen LogP contribution in [0.3, 0.4) is 0 Å². The van der Waals surface area contributed by atoms with Gasteiger partial charge in [-0.3, -0.25) is 14.4 Å². The molecule has 3 rings (SSSR count). The number of methoxy groups -OCH3 is 1. The molecule has 0 saturated carbocycles. The maximum atomic E-state index is 12.3. The predicted molar refractivity (Wildman–Crippen MR) is 107 cm³/mol. The maximum Gasteiger partial charge on any atom is 0.311 e. The molecule has 2 aromatic carbocycles. The molecule has 0 aromatic heterocycles. The Morgan fingerprint density at radius 2 is 1.93 bits per heavy atom. The van der Waals surface area contributed by atoms with Crippen LogP contribution in [-0.2, 0) is 14.3 Å². The van der Waals surface area contributed by atoms with Crippen LogP contribution in [0, 0.1) is 5.92 Å². The number of hydrogen-bond acceptors (Lipinski definition) is 6. The quantitative estimate of drug-likeness (QED) is 0.404. The van der Waals surface area contributed by atoms with Crippen LogP contribution in [-0.4, -0.2) is 44.2 Å². The van der Waals surface area contributed by atoms with Gasteiger partial charge in [0.2, 0.25) is 5.91 Å². The van der Waals surface area contributed by atoms with E-state index in [4.69, 9.17) is 9.47 Å². The highest BCUT2D eigenvalue weighted by atomic mass is 32.2. The zero-order valence-corrected chi connectivity index (χ0v) is 16.5. The standard InChI is InChI=1S/C21H21NO5S/c1-26-17-8-6-14(7-9-17)19(23)13-27-21(25)15-10-20(24)22(12-15)16-4-3-5-18(11-16)28-2/h3-9,11,15H,10,12-13H2,1-2H3/t15-/m1/s1. The predicted octanol–water partition coefficient (Wildman–Crippen LogP) is 3.20. The van der Waals surface area contributed by atoms with Crippen molar-refractivity contribution in [2.24, 2.45) is 5.92 Å². The van der Waals surface area contributed by atoms with Gasteiger partial charge < -0.3 is 14.4 Å². The molecular formula is C21H21NO5S. The number of anilines is 1. The third kappa shape index (κ3) is 4.54.